The molecule has 1 aromatic rings. The lowest BCUT2D eigenvalue weighted by molar-refractivity contribution is -0.894. The topological polar surface area (TPSA) is 16.9 Å². The number of thiocarbonyl (C=S) groups is 1. The lowest BCUT2D eigenvalue weighted by atomic mass is 10.2. The van der Waals surface area contributed by atoms with Crippen LogP contribution >= 0.6 is 23.8 Å². The van der Waals surface area contributed by atoms with Crippen molar-refractivity contribution in [2.24, 2.45) is 0 Å². The van der Waals surface area contributed by atoms with Gasteiger partial charge in [-0.2, -0.15) is 0 Å². The molecule has 124 valence electrons. The van der Waals surface area contributed by atoms with E-state index in [0.717, 1.165) is 12.1 Å². The SMILES string of the molecule is CC[NH+](CC)CC.S=C([S-])N1CCOC1c1ccc(Cl)cc1. The Kier molecular flexibility index (Phi) is 9.21. The first-order valence-corrected chi connectivity index (χ1v) is 8.91. The summed E-state index contributed by atoms with van der Waals surface area (Å²) in [7, 11) is 0. The summed E-state index contributed by atoms with van der Waals surface area (Å²) in [5.41, 5.74) is 1.03. The van der Waals surface area contributed by atoms with Gasteiger partial charge in [0, 0.05) is 17.1 Å². The number of quaternary nitrogens is 1. The van der Waals surface area contributed by atoms with Crippen molar-refractivity contribution in [2.75, 3.05) is 32.8 Å². The monoisotopic (exact) mass is 360 g/mol. The first kappa shape index (κ1) is 19.6. The molecule has 1 aliphatic heterocycles. The van der Waals surface area contributed by atoms with Gasteiger partial charge >= 0.3 is 0 Å². The number of hydrogen-bond acceptors (Lipinski definition) is 3. The van der Waals surface area contributed by atoms with Gasteiger partial charge in [0.2, 0.25) is 0 Å². The Balaban J connectivity index is 0.000000295. The fourth-order valence-electron chi connectivity index (χ4n) is 2.31. The van der Waals surface area contributed by atoms with E-state index in [2.05, 4.69) is 20.8 Å². The van der Waals surface area contributed by atoms with Crippen LogP contribution < -0.4 is 4.90 Å². The Hall–Kier alpha value is -0.460. The van der Waals surface area contributed by atoms with Gasteiger partial charge in [-0.15, -0.1) is 0 Å². The summed E-state index contributed by atoms with van der Waals surface area (Å²) in [6.07, 6.45) is -0.146. The minimum atomic E-state index is -0.146. The van der Waals surface area contributed by atoms with Crippen molar-refractivity contribution in [3.63, 3.8) is 0 Å². The van der Waals surface area contributed by atoms with Crippen LogP contribution in [0, 0.1) is 0 Å². The van der Waals surface area contributed by atoms with Crippen LogP contribution in [0.5, 0.6) is 0 Å². The van der Waals surface area contributed by atoms with E-state index in [-0.39, 0.29) is 6.23 Å². The molecule has 0 bridgehead atoms. The molecule has 22 heavy (non-hydrogen) atoms. The van der Waals surface area contributed by atoms with Crippen molar-refractivity contribution in [3.8, 4) is 0 Å². The number of rotatable bonds is 4. The van der Waals surface area contributed by atoms with E-state index in [1.54, 1.807) is 4.90 Å². The molecule has 1 heterocycles. The van der Waals surface area contributed by atoms with Gasteiger partial charge in [-0.25, -0.2) is 0 Å². The van der Waals surface area contributed by atoms with Gasteiger partial charge < -0.3 is 39.4 Å². The summed E-state index contributed by atoms with van der Waals surface area (Å²) in [5.74, 6) is 0. The van der Waals surface area contributed by atoms with Crippen LogP contribution in [-0.2, 0) is 17.4 Å². The van der Waals surface area contributed by atoms with Crippen LogP contribution in [-0.4, -0.2) is 42.0 Å². The van der Waals surface area contributed by atoms with Crippen molar-refractivity contribution in [2.45, 2.75) is 27.0 Å². The van der Waals surface area contributed by atoms with Gasteiger partial charge in [-0.3, -0.25) is 0 Å². The zero-order valence-corrected chi connectivity index (χ0v) is 15.9. The summed E-state index contributed by atoms with van der Waals surface area (Å²) in [5, 5.41) is 0.712. The highest BCUT2D eigenvalue weighted by Gasteiger charge is 2.24. The number of nitrogens with zero attached hydrogens (tertiary/aromatic N) is 1. The Morgan fingerprint density at radius 2 is 1.82 bits per heavy atom. The molecule has 3 nitrogen and oxygen atoms in total. The van der Waals surface area contributed by atoms with Gasteiger partial charge in [-0.05, 0) is 32.9 Å². The molecule has 1 fully saturated rings. The third kappa shape index (κ3) is 5.97. The third-order valence-corrected chi connectivity index (χ3v) is 4.50. The molecular weight excluding hydrogens is 336 g/mol. The highest BCUT2D eigenvalue weighted by molar-refractivity contribution is 8.00. The predicted octanol–water partition coefficient (Wildman–Crippen LogP) is 2.43. The minimum Gasteiger partial charge on any atom is -0.411 e. The standard InChI is InChI=1S/C10H10ClNOS2.C6H15N/c11-8-3-1-7(2-4-8)9-12(10(14)15)5-6-13-9;1-4-7(5-2)6-3/h1-4,9H,5-6H2,(H,14,15);4-6H2,1-3H3. The fourth-order valence-corrected chi connectivity index (χ4v) is 2.81. The molecule has 6 heteroatoms. The van der Waals surface area contributed by atoms with Crippen LogP contribution in [0.4, 0.5) is 0 Å². The van der Waals surface area contributed by atoms with Crippen LogP contribution in [0.3, 0.4) is 0 Å². The molecule has 1 saturated heterocycles. The maximum Gasteiger partial charge on any atom is 0.155 e. The van der Waals surface area contributed by atoms with E-state index in [4.69, 9.17) is 41.2 Å². The zero-order chi connectivity index (χ0) is 16.5. The van der Waals surface area contributed by atoms with Crippen molar-refractivity contribution < 1.29 is 9.64 Å². The Labute approximate surface area is 150 Å². The molecule has 0 aromatic heterocycles. The molecule has 1 aliphatic rings. The largest absolute Gasteiger partial charge is 0.411 e. The lowest BCUT2D eigenvalue weighted by Gasteiger charge is -2.28. The average molecular weight is 361 g/mol. The molecule has 0 spiro atoms. The highest BCUT2D eigenvalue weighted by atomic mass is 35.5. The van der Waals surface area contributed by atoms with E-state index in [1.807, 2.05) is 29.2 Å². The van der Waals surface area contributed by atoms with Gasteiger partial charge in [0.1, 0.15) is 0 Å². The zero-order valence-electron chi connectivity index (χ0n) is 13.5. The average Bonchev–Trinajstić information content (AvgIpc) is 3.00. The smallest absolute Gasteiger partial charge is 0.155 e. The third-order valence-electron chi connectivity index (χ3n) is 3.78. The molecule has 0 amide bonds. The molecule has 0 radical (unpaired) electrons. The van der Waals surface area contributed by atoms with Crippen LogP contribution in [0.25, 0.3) is 0 Å². The van der Waals surface area contributed by atoms with Crippen molar-refractivity contribution in [1.29, 1.82) is 0 Å². The summed E-state index contributed by atoms with van der Waals surface area (Å²) < 4.78 is 6.03. The second-order valence-electron chi connectivity index (χ2n) is 5.04. The van der Waals surface area contributed by atoms with E-state index in [0.29, 0.717) is 16.0 Å². The molecule has 0 aliphatic carbocycles. The van der Waals surface area contributed by atoms with Gasteiger partial charge in [-0.1, -0.05) is 28.1 Å². The number of ether oxygens (including phenoxy) is 1. The second-order valence-corrected chi connectivity index (χ2v) is 6.51. The maximum atomic E-state index is 5.82. The number of benzene rings is 1. The molecule has 1 N–H and O–H groups in total. The molecular formula is C16H25ClN2OS2. The van der Waals surface area contributed by atoms with E-state index < -0.39 is 0 Å². The Morgan fingerprint density at radius 3 is 2.23 bits per heavy atom. The minimum absolute atomic E-state index is 0.146. The van der Waals surface area contributed by atoms with E-state index >= 15 is 0 Å². The maximum absolute atomic E-state index is 5.82. The van der Waals surface area contributed by atoms with Crippen LogP contribution in [0.15, 0.2) is 24.3 Å². The van der Waals surface area contributed by atoms with E-state index in [9.17, 15) is 0 Å². The number of halogens is 1. The van der Waals surface area contributed by atoms with Crippen LogP contribution in [0.2, 0.25) is 5.02 Å². The first-order valence-electron chi connectivity index (χ1n) is 7.71. The summed E-state index contributed by atoms with van der Waals surface area (Å²) in [6, 6.07) is 7.53. The van der Waals surface area contributed by atoms with Gasteiger partial charge in [0.05, 0.1) is 26.2 Å². The van der Waals surface area contributed by atoms with Gasteiger partial charge in [0.15, 0.2) is 6.23 Å². The molecule has 1 aromatic carbocycles. The summed E-state index contributed by atoms with van der Waals surface area (Å²) in [4.78, 5) is 3.58. The van der Waals surface area contributed by atoms with Crippen molar-refractivity contribution >= 4 is 40.8 Å². The quantitative estimate of drug-likeness (QED) is 0.655. The Bertz CT molecular complexity index is 446. The molecule has 0 saturated carbocycles. The van der Waals surface area contributed by atoms with Crippen molar-refractivity contribution in [3.05, 3.63) is 34.9 Å². The van der Waals surface area contributed by atoms with Crippen molar-refractivity contribution in [1.82, 2.24) is 4.90 Å². The molecule has 2 rings (SSSR count). The summed E-state index contributed by atoms with van der Waals surface area (Å²) in [6.45, 7) is 11.9. The predicted molar refractivity (Wildman–Crippen MR) is 99.4 cm³/mol. The molecule has 1 unspecified atom stereocenters. The van der Waals surface area contributed by atoms with Gasteiger partial charge in [0.25, 0.3) is 0 Å². The number of hydrogen-bond donors (Lipinski definition) is 1. The van der Waals surface area contributed by atoms with Crippen LogP contribution in [0.1, 0.15) is 32.6 Å². The fraction of sp³-hybridized carbons (Fsp3) is 0.562. The lowest BCUT2D eigenvalue weighted by Crippen LogP contribution is -3.11. The highest BCUT2D eigenvalue weighted by Crippen LogP contribution is 2.27. The summed E-state index contributed by atoms with van der Waals surface area (Å²) >= 11 is 15.8. The normalized spacial score (nSPS) is 17.3. The second kappa shape index (κ2) is 10.3. The molecule has 1 atom stereocenters. The number of nitrogens with one attached hydrogen (secondary N) is 1. The van der Waals surface area contributed by atoms with E-state index in [1.165, 1.54) is 19.6 Å². The Morgan fingerprint density at radius 1 is 1.27 bits per heavy atom. The first-order chi connectivity index (χ1) is 10.5.